The van der Waals surface area contributed by atoms with E-state index in [-0.39, 0.29) is 11.4 Å². The van der Waals surface area contributed by atoms with E-state index in [4.69, 9.17) is 17.3 Å². The van der Waals surface area contributed by atoms with Crippen molar-refractivity contribution in [2.75, 3.05) is 0 Å². The third kappa shape index (κ3) is 2.80. The molecule has 1 aromatic heterocycles. The summed E-state index contributed by atoms with van der Waals surface area (Å²) in [7, 11) is 0. The van der Waals surface area contributed by atoms with E-state index in [1.807, 2.05) is 0 Å². The first-order chi connectivity index (χ1) is 8.61. The number of halogens is 3. The minimum atomic E-state index is -0.516. The summed E-state index contributed by atoms with van der Waals surface area (Å²) in [6, 6.07) is 4.92. The Kier molecular flexibility index (Phi) is 4.16. The number of rotatable bonds is 3. The summed E-state index contributed by atoms with van der Waals surface area (Å²) in [5.41, 5.74) is 6.23. The molecule has 0 spiro atoms. The third-order valence-corrected chi connectivity index (χ3v) is 3.83. The molecular weight excluding hydrogens is 278 g/mol. The molecule has 0 bridgehead atoms. The highest BCUT2D eigenvalue weighted by Gasteiger charge is 2.11. The molecule has 94 valence electrons. The molecule has 0 saturated heterocycles. The van der Waals surface area contributed by atoms with E-state index in [1.54, 1.807) is 6.07 Å². The van der Waals surface area contributed by atoms with Crippen LogP contribution in [-0.2, 0) is 6.54 Å². The van der Waals surface area contributed by atoms with Gasteiger partial charge in [0.1, 0.15) is 16.7 Å². The Morgan fingerprint density at radius 1 is 1.28 bits per heavy atom. The maximum absolute atomic E-state index is 13.5. The number of benzene rings is 1. The van der Waals surface area contributed by atoms with Crippen molar-refractivity contribution in [1.29, 1.82) is 0 Å². The van der Waals surface area contributed by atoms with Crippen molar-refractivity contribution < 1.29 is 8.78 Å². The van der Waals surface area contributed by atoms with Crippen LogP contribution in [0.2, 0.25) is 5.02 Å². The molecular formula is C12H9ClF2N2S. The summed E-state index contributed by atoms with van der Waals surface area (Å²) in [6.07, 6.45) is 1.54. The van der Waals surface area contributed by atoms with Crippen LogP contribution in [0.4, 0.5) is 8.78 Å². The molecule has 2 aromatic rings. The van der Waals surface area contributed by atoms with Gasteiger partial charge in [-0.1, -0.05) is 23.4 Å². The highest BCUT2D eigenvalue weighted by molar-refractivity contribution is 7.99. The van der Waals surface area contributed by atoms with E-state index in [9.17, 15) is 8.78 Å². The maximum atomic E-state index is 13.5. The van der Waals surface area contributed by atoms with Crippen molar-refractivity contribution in [2.24, 2.45) is 5.73 Å². The molecule has 2 rings (SSSR count). The zero-order valence-electron chi connectivity index (χ0n) is 9.16. The van der Waals surface area contributed by atoms with Crippen LogP contribution in [0, 0.1) is 11.6 Å². The first-order valence-electron chi connectivity index (χ1n) is 5.08. The molecule has 0 aliphatic carbocycles. The van der Waals surface area contributed by atoms with E-state index < -0.39 is 11.6 Å². The normalized spacial score (nSPS) is 10.7. The summed E-state index contributed by atoms with van der Waals surface area (Å²) in [5.74, 6) is -1.03. The maximum Gasteiger partial charge on any atom is 0.137 e. The number of hydrogen-bond acceptors (Lipinski definition) is 3. The second-order valence-corrected chi connectivity index (χ2v) is 4.88. The van der Waals surface area contributed by atoms with E-state index in [0.717, 1.165) is 30.0 Å². The van der Waals surface area contributed by atoms with Gasteiger partial charge in [-0.25, -0.2) is 13.8 Å². The molecule has 0 fully saturated rings. The summed E-state index contributed by atoms with van der Waals surface area (Å²) in [5, 5.41) is 0.776. The van der Waals surface area contributed by atoms with E-state index in [1.165, 1.54) is 6.20 Å². The fourth-order valence-electron chi connectivity index (χ4n) is 1.35. The van der Waals surface area contributed by atoms with Crippen molar-refractivity contribution in [3.05, 3.63) is 52.7 Å². The third-order valence-electron chi connectivity index (χ3n) is 2.26. The molecule has 2 nitrogen and oxygen atoms in total. The van der Waals surface area contributed by atoms with Crippen LogP contribution in [-0.4, -0.2) is 4.98 Å². The molecule has 0 amide bonds. The number of hydrogen-bond donors (Lipinski definition) is 1. The van der Waals surface area contributed by atoms with Crippen molar-refractivity contribution in [1.82, 2.24) is 4.98 Å². The zero-order chi connectivity index (χ0) is 13.1. The Bertz CT molecular complexity index is 578. The molecule has 0 radical (unpaired) electrons. The number of nitrogens with zero attached hydrogens (tertiary/aromatic N) is 1. The Hall–Kier alpha value is -1.17. The van der Waals surface area contributed by atoms with E-state index >= 15 is 0 Å². The molecule has 0 unspecified atom stereocenters. The summed E-state index contributed by atoms with van der Waals surface area (Å²) in [6.45, 7) is 0.264. The van der Waals surface area contributed by atoms with Crippen molar-refractivity contribution in [2.45, 2.75) is 16.5 Å². The lowest BCUT2D eigenvalue weighted by Gasteiger charge is -2.07. The highest BCUT2D eigenvalue weighted by Crippen LogP contribution is 2.34. The fraction of sp³-hybridized carbons (Fsp3) is 0.0833. The van der Waals surface area contributed by atoms with Crippen LogP contribution in [0.1, 0.15) is 5.56 Å². The molecule has 18 heavy (non-hydrogen) atoms. The molecule has 2 N–H and O–H groups in total. The minimum absolute atomic E-state index is 0.138. The van der Waals surface area contributed by atoms with Gasteiger partial charge < -0.3 is 5.73 Å². The molecule has 0 atom stereocenters. The van der Waals surface area contributed by atoms with Gasteiger partial charge in [-0.2, -0.15) is 0 Å². The van der Waals surface area contributed by atoms with Gasteiger partial charge >= 0.3 is 0 Å². The fourth-order valence-corrected chi connectivity index (χ4v) is 2.53. The average Bonchev–Trinajstić information content (AvgIpc) is 2.36. The Morgan fingerprint density at radius 2 is 2.06 bits per heavy atom. The number of nitrogens with two attached hydrogens (primary N) is 1. The first kappa shape index (κ1) is 13.3. The summed E-state index contributed by atoms with van der Waals surface area (Å²) in [4.78, 5) is 4.18. The van der Waals surface area contributed by atoms with Crippen LogP contribution >= 0.6 is 23.4 Å². The SMILES string of the molecule is NCc1ccnc(Sc2cc(F)ccc2F)c1Cl. The summed E-state index contributed by atoms with van der Waals surface area (Å²) < 4.78 is 26.5. The lowest BCUT2D eigenvalue weighted by atomic mass is 10.3. The summed E-state index contributed by atoms with van der Waals surface area (Å²) >= 11 is 7.04. The largest absolute Gasteiger partial charge is 0.326 e. The number of aromatic nitrogens is 1. The van der Waals surface area contributed by atoms with Gasteiger partial charge in [0.25, 0.3) is 0 Å². The van der Waals surface area contributed by atoms with Gasteiger partial charge in [-0.15, -0.1) is 0 Å². The van der Waals surface area contributed by atoms with Crippen LogP contribution < -0.4 is 5.73 Å². The lowest BCUT2D eigenvalue weighted by Crippen LogP contribution is -1.98. The van der Waals surface area contributed by atoms with Crippen LogP contribution in [0.25, 0.3) is 0 Å². The topological polar surface area (TPSA) is 38.9 Å². The quantitative estimate of drug-likeness (QED) is 0.936. The van der Waals surface area contributed by atoms with Gasteiger partial charge in [0, 0.05) is 12.7 Å². The minimum Gasteiger partial charge on any atom is -0.326 e. The second-order valence-electron chi connectivity index (χ2n) is 3.47. The highest BCUT2D eigenvalue weighted by atomic mass is 35.5. The molecule has 0 aliphatic rings. The zero-order valence-corrected chi connectivity index (χ0v) is 10.7. The molecule has 1 aromatic carbocycles. The molecule has 6 heteroatoms. The Morgan fingerprint density at radius 3 is 2.78 bits per heavy atom. The van der Waals surface area contributed by atoms with Crippen LogP contribution in [0.3, 0.4) is 0 Å². The Balaban J connectivity index is 2.37. The van der Waals surface area contributed by atoms with Gasteiger partial charge in [-0.05, 0) is 29.8 Å². The lowest BCUT2D eigenvalue weighted by molar-refractivity contribution is 0.577. The van der Waals surface area contributed by atoms with Crippen LogP contribution in [0.5, 0.6) is 0 Å². The van der Waals surface area contributed by atoms with Gasteiger partial charge in [0.15, 0.2) is 0 Å². The standard InChI is InChI=1S/C12H9ClF2N2S/c13-11-7(6-16)3-4-17-12(11)18-10-5-8(14)1-2-9(10)15/h1-5H,6,16H2. The predicted molar refractivity (Wildman–Crippen MR) is 67.6 cm³/mol. The number of pyridine rings is 1. The smallest absolute Gasteiger partial charge is 0.137 e. The van der Waals surface area contributed by atoms with E-state index in [2.05, 4.69) is 4.98 Å². The van der Waals surface area contributed by atoms with E-state index in [0.29, 0.717) is 15.6 Å². The monoisotopic (exact) mass is 286 g/mol. The van der Waals surface area contributed by atoms with Gasteiger partial charge in [0.2, 0.25) is 0 Å². The van der Waals surface area contributed by atoms with Gasteiger partial charge in [-0.3, -0.25) is 0 Å². The van der Waals surface area contributed by atoms with Crippen LogP contribution in [0.15, 0.2) is 40.4 Å². The first-order valence-corrected chi connectivity index (χ1v) is 6.27. The molecule has 0 aliphatic heterocycles. The Labute approximate surface area is 112 Å². The average molecular weight is 287 g/mol. The van der Waals surface area contributed by atoms with Crippen molar-refractivity contribution >= 4 is 23.4 Å². The van der Waals surface area contributed by atoms with Gasteiger partial charge in [0.05, 0.1) is 9.92 Å². The van der Waals surface area contributed by atoms with Crippen molar-refractivity contribution in [3.63, 3.8) is 0 Å². The molecule has 1 heterocycles. The molecule has 0 saturated carbocycles. The van der Waals surface area contributed by atoms with Crippen molar-refractivity contribution in [3.8, 4) is 0 Å². The predicted octanol–water partition coefficient (Wildman–Crippen LogP) is 3.62. The second kappa shape index (κ2) is 5.65.